The van der Waals surface area contributed by atoms with Gasteiger partial charge in [0.25, 0.3) is 0 Å². The van der Waals surface area contributed by atoms with Crippen LogP contribution in [0.25, 0.3) is 11.4 Å². The number of amides is 2. The van der Waals surface area contributed by atoms with Crippen LogP contribution in [0.15, 0.2) is 72.1 Å². The van der Waals surface area contributed by atoms with Crippen molar-refractivity contribution in [2.24, 2.45) is 4.99 Å². The summed E-state index contributed by atoms with van der Waals surface area (Å²) in [7, 11) is 1.70. The van der Waals surface area contributed by atoms with Gasteiger partial charge in [-0.2, -0.15) is 0 Å². The molecule has 36 heavy (non-hydrogen) atoms. The Labute approximate surface area is 213 Å². The number of nitrogen functional groups attached to an aromatic ring is 1. The summed E-state index contributed by atoms with van der Waals surface area (Å²) in [6.45, 7) is 0.982. The van der Waals surface area contributed by atoms with Crippen molar-refractivity contribution in [2.45, 2.75) is 13.1 Å². The zero-order valence-electron chi connectivity index (χ0n) is 19.4. The van der Waals surface area contributed by atoms with Crippen molar-refractivity contribution in [1.82, 2.24) is 19.9 Å². The maximum atomic E-state index is 12.8. The molecule has 1 aliphatic rings. The van der Waals surface area contributed by atoms with Gasteiger partial charge in [0, 0.05) is 67.4 Å². The van der Waals surface area contributed by atoms with E-state index in [2.05, 4.69) is 30.6 Å². The van der Waals surface area contributed by atoms with Crippen LogP contribution >= 0.6 is 11.6 Å². The Bertz CT molecular complexity index is 1470. The van der Waals surface area contributed by atoms with Gasteiger partial charge in [-0.15, -0.1) is 0 Å². The first-order valence-corrected chi connectivity index (χ1v) is 11.6. The molecule has 4 N–H and O–H groups in total. The fraction of sp³-hybridized carbons (Fsp3) is 0.115. The highest BCUT2D eigenvalue weighted by Crippen LogP contribution is 2.29. The largest absolute Gasteiger partial charge is 0.398 e. The number of hydrogen-bond acceptors (Lipinski definition) is 7. The number of fused-ring (bicyclic) bond motifs is 1. The Morgan fingerprint density at radius 3 is 2.81 bits per heavy atom. The van der Waals surface area contributed by atoms with E-state index in [0.717, 1.165) is 27.9 Å². The molecule has 0 saturated heterocycles. The molecule has 3 heterocycles. The van der Waals surface area contributed by atoms with Gasteiger partial charge in [0.2, 0.25) is 0 Å². The minimum absolute atomic E-state index is 0.223. The third kappa shape index (κ3) is 4.96. The number of carbonyl (C=O) groups excluding carboxylic acids is 1. The van der Waals surface area contributed by atoms with E-state index in [1.165, 1.54) is 6.20 Å². The molecular weight excluding hydrogens is 476 g/mol. The first kappa shape index (κ1) is 23.3. The molecule has 0 fully saturated rings. The predicted octanol–water partition coefficient (Wildman–Crippen LogP) is 5.11. The van der Waals surface area contributed by atoms with E-state index >= 15 is 0 Å². The van der Waals surface area contributed by atoms with Crippen LogP contribution < -0.4 is 16.4 Å². The molecule has 0 radical (unpaired) electrons. The highest BCUT2D eigenvalue weighted by atomic mass is 35.5. The lowest BCUT2D eigenvalue weighted by atomic mass is 10.1. The number of rotatable bonds is 5. The van der Waals surface area contributed by atoms with Gasteiger partial charge in [-0.05, 0) is 47.5 Å². The molecule has 0 spiro atoms. The summed E-state index contributed by atoms with van der Waals surface area (Å²) in [5, 5.41) is 6.54. The zero-order chi connectivity index (χ0) is 25.1. The maximum Gasteiger partial charge on any atom is 0.322 e. The summed E-state index contributed by atoms with van der Waals surface area (Å²) in [4.78, 5) is 31.6. The second kappa shape index (κ2) is 10.0. The van der Waals surface area contributed by atoms with Gasteiger partial charge >= 0.3 is 6.03 Å². The summed E-state index contributed by atoms with van der Waals surface area (Å²) in [5.41, 5.74) is 11.9. The highest BCUT2D eigenvalue weighted by Gasteiger charge is 2.24. The molecule has 0 atom stereocenters. The van der Waals surface area contributed by atoms with Crippen LogP contribution in [0, 0.1) is 0 Å². The molecule has 4 aromatic rings. The maximum absolute atomic E-state index is 12.8. The molecule has 180 valence electrons. The molecule has 0 bridgehead atoms. The third-order valence-corrected chi connectivity index (χ3v) is 6.07. The Hall–Kier alpha value is -4.50. The number of pyridine rings is 1. The second-order valence-electron chi connectivity index (χ2n) is 8.25. The fourth-order valence-electron chi connectivity index (χ4n) is 3.97. The van der Waals surface area contributed by atoms with Gasteiger partial charge in [0.15, 0.2) is 5.82 Å². The number of carbonyl (C=O) groups is 1. The van der Waals surface area contributed by atoms with Crippen LogP contribution in [0.4, 0.5) is 27.7 Å². The van der Waals surface area contributed by atoms with Crippen LogP contribution in [0.1, 0.15) is 16.7 Å². The Morgan fingerprint density at radius 2 is 1.97 bits per heavy atom. The molecule has 2 aromatic heterocycles. The minimum atomic E-state index is -0.223. The minimum Gasteiger partial charge on any atom is -0.398 e. The summed E-state index contributed by atoms with van der Waals surface area (Å²) in [5.74, 6) is 1.24. The molecule has 5 rings (SSSR count). The van der Waals surface area contributed by atoms with Crippen LogP contribution in [-0.4, -0.2) is 39.1 Å². The monoisotopic (exact) mass is 498 g/mol. The smallest absolute Gasteiger partial charge is 0.322 e. The highest BCUT2D eigenvalue weighted by molar-refractivity contribution is 6.33. The first-order valence-electron chi connectivity index (χ1n) is 11.2. The van der Waals surface area contributed by atoms with Crippen molar-refractivity contribution in [3.63, 3.8) is 0 Å². The van der Waals surface area contributed by atoms with Crippen molar-refractivity contribution >= 4 is 46.7 Å². The lowest BCUT2D eigenvalue weighted by Crippen LogP contribution is -2.30. The number of aliphatic imine (C=N–C) groups is 1. The number of nitrogens with zero attached hydrogens (tertiary/aromatic N) is 5. The molecule has 0 unspecified atom stereocenters. The van der Waals surface area contributed by atoms with E-state index in [4.69, 9.17) is 17.3 Å². The van der Waals surface area contributed by atoms with Crippen LogP contribution in [0.3, 0.4) is 0 Å². The number of hydrogen-bond donors (Lipinski definition) is 3. The van der Waals surface area contributed by atoms with E-state index in [-0.39, 0.29) is 6.03 Å². The molecule has 0 saturated carbocycles. The van der Waals surface area contributed by atoms with Crippen molar-refractivity contribution in [2.75, 3.05) is 23.4 Å². The number of urea groups is 1. The van der Waals surface area contributed by atoms with Gasteiger partial charge in [-0.1, -0.05) is 23.7 Å². The number of halogens is 1. The van der Waals surface area contributed by atoms with E-state index in [1.54, 1.807) is 42.7 Å². The van der Waals surface area contributed by atoms with Gasteiger partial charge in [0.1, 0.15) is 5.82 Å². The van der Waals surface area contributed by atoms with Gasteiger partial charge < -0.3 is 21.3 Å². The van der Waals surface area contributed by atoms with E-state index in [1.807, 2.05) is 36.4 Å². The lowest BCUT2D eigenvalue weighted by Gasteiger charge is -2.16. The number of nitrogens with two attached hydrogens (primary N) is 1. The van der Waals surface area contributed by atoms with Crippen molar-refractivity contribution in [3.05, 3.63) is 88.8 Å². The second-order valence-corrected chi connectivity index (χ2v) is 8.65. The van der Waals surface area contributed by atoms with E-state index in [0.29, 0.717) is 41.1 Å². The third-order valence-electron chi connectivity index (χ3n) is 5.77. The van der Waals surface area contributed by atoms with Crippen LogP contribution in [0.5, 0.6) is 0 Å². The van der Waals surface area contributed by atoms with Crippen LogP contribution in [-0.2, 0) is 13.1 Å². The topological polar surface area (TPSA) is 121 Å². The number of anilines is 4. The molecule has 0 aliphatic carbocycles. The fourth-order valence-corrected chi connectivity index (χ4v) is 4.13. The SMILES string of the molecule is C/N=C\c1cc(Nc2ccnc(-c3ccc4c(c3)CN(C(=O)Nc3ccncc3Cl)C4)n2)ccc1N. The molecule has 2 aromatic carbocycles. The number of aromatic nitrogens is 3. The van der Waals surface area contributed by atoms with Crippen LogP contribution in [0.2, 0.25) is 5.02 Å². The number of benzene rings is 2. The standard InChI is InChI=1S/C26H23ClN8O/c1-29-12-18-11-20(4-5-22(18)28)32-24-7-9-31-25(34-24)16-2-3-17-14-35(15-19(17)10-16)26(36)33-23-6-8-30-13-21(23)27/h2-13H,14-15,28H2,1H3,(H,30,33,36)(H,31,32,34)/b29-12-. The molecule has 10 heteroatoms. The zero-order valence-corrected chi connectivity index (χ0v) is 20.2. The van der Waals surface area contributed by atoms with Gasteiger partial charge in [-0.25, -0.2) is 14.8 Å². The summed E-state index contributed by atoms with van der Waals surface area (Å²) in [6.07, 6.45) is 6.51. The molecule has 1 aliphatic heterocycles. The molecule has 9 nitrogen and oxygen atoms in total. The predicted molar refractivity (Wildman–Crippen MR) is 143 cm³/mol. The summed E-state index contributed by atoms with van der Waals surface area (Å²) >= 11 is 6.12. The Kier molecular flexibility index (Phi) is 6.46. The van der Waals surface area contributed by atoms with Crippen molar-refractivity contribution in [1.29, 1.82) is 0 Å². The molecular formula is C26H23ClN8O. The van der Waals surface area contributed by atoms with Gasteiger partial charge in [-0.3, -0.25) is 9.98 Å². The summed E-state index contributed by atoms with van der Waals surface area (Å²) in [6, 6.07) is 14.9. The summed E-state index contributed by atoms with van der Waals surface area (Å²) < 4.78 is 0. The van der Waals surface area contributed by atoms with Gasteiger partial charge in [0.05, 0.1) is 10.7 Å². The normalized spacial score (nSPS) is 12.6. The number of nitrogens with one attached hydrogen (secondary N) is 2. The lowest BCUT2D eigenvalue weighted by molar-refractivity contribution is 0.212. The Balaban J connectivity index is 1.31. The molecule has 2 amide bonds. The average molecular weight is 499 g/mol. The van der Waals surface area contributed by atoms with Crippen molar-refractivity contribution in [3.8, 4) is 11.4 Å². The Morgan fingerprint density at radius 1 is 1.11 bits per heavy atom. The van der Waals surface area contributed by atoms with E-state index < -0.39 is 0 Å². The van der Waals surface area contributed by atoms with Crippen molar-refractivity contribution < 1.29 is 4.79 Å². The average Bonchev–Trinajstić information content (AvgIpc) is 3.32. The quantitative estimate of drug-likeness (QED) is 0.259. The van der Waals surface area contributed by atoms with E-state index in [9.17, 15) is 4.79 Å². The first-order chi connectivity index (χ1) is 17.5.